The first-order valence-electron chi connectivity index (χ1n) is 11.1. The van der Waals surface area contributed by atoms with Gasteiger partial charge in [-0.2, -0.15) is 5.26 Å². The van der Waals surface area contributed by atoms with E-state index in [-0.39, 0.29) is 6.04 Å². The molecule has 1 fully saturated rings. The maximum atomic E-state index is 9.27. The molecule has 1 atom stereocenters. The molecule has 160 valence electrons. The highest BCUT2D eigenvalue weighted by Gasteiger charge is 2.23. The van der Waals surface area contributed by atoms with Gasteiger partial charge in [-0.25, -0.2) is 9.97 Å². The Labute approximate surface area is 186 Å². The second-order valence-corrected chi connectivity index (χ2v) is 9.45. The SMILES string of the molecule is CC(Nc1nc(CN2CCOCC2)nc2sc3c(c12)CCCC3)c1cccc(C#N)c1. The first-order chi connectivity index (χ1) is 15.2. The summed E-state index contributed by atoms with van der Waals surface area (Å²) in [5.41, 5.74) is 3.20. The van der Waals surface area contributed by atoms with Crippen LogP contribution in [0, 0.1) is 11.3 Å². The van der Waals surface area contributed by atoms with E-state index in [1.165, 1.54) is 28.7 Å². The molecule has 0 radical (unpaired) electrons. The van der Waals surface area contributed by atoms with Gasteiger partial charge in [0, 0.05) is 18.0 Å². The summed E-state index contributed by atoms with van der Waals surface area (Å²) in [4.78, 5) is 14.9. The summed E-state index contributed by atoms with van der Waals surface area (Å²) in [5.74, 6) is 1.80. The van der Waals surface area contributed by atoms with Crippen LogP contribution < -0.4 is 5.32 Å². The van der Waals surface area contributed by atoms with E-state index in [0.29, 0.717) is 5.56 Å². The average Bonchev–Trinajstić information content (AvgIpc) is 3.18. The van der Waals surface area contributed by atoms with Crippen LogP contribution in [0.4, 0.5) is 5.82 Å². The molecule has 7 heteroatoms. The van der Waals surface area contributed by atoms with Gasteiger partial charge in [-0.1, -0.05) is 12.1 Å². The number of nitrogens with one attached hydrogen (secondary N) is 1. The molecule has 0 spiro atoms. The quantitative estimate of drug-likeness (QED) is 0.641. The molecule has 0 amide bonds. The molecule has 5 rings (SSSR count). The molecule has 1 aromatic carbocycles. The van der Waals surface area contributed by atoms with Crippen molar-refractivity contribution in [3.8, 4) is 6.07 Å². The third kappa shape index (κ3) is 4.29. The molecule has 1 aliphatic carbocycles. The molecule has 0 bridgehead atoms. The minimum absolute atomic E-state index is 0.0433. The lowest BCUT2D eigenvalue weighted by atomic mass is 9.97. The van der Waals surface area contributed by atoms with Crippen LogP contribution in [-0.2, 0) is 24.1 Å². The summed E-state index contributed by atoms with van der Waals surface area (Å²) in [7, 11) is 0. The number of ether oxygens (including phenoxy) is 1. The molecule has 0 saturated carbocycles. The molecule has 3 aromatic rings. The van der Waals surface area contributed by atoms with E-state index in [2.05, 4.69) is 29.3 Å². The van der Waals surface area contributed by atoms with Crippen molar-refractivity contribution in [1.82, 2.24) is 14.9 Å². The average molecular weight is 434 g/mol. The Morgan fingerprint density at radius 1 is 1.23 bits per heavy atom. The number of thiophene rings is 1. The van der Waals surface area contributed by atoms with Crippen LogP contribution in [0.3, 0.4) is 0 Å². The van der Waals surface area contributed by atoms with Crippen molar-refractivity contribution in [3.63, 3.8) is 0 Å². The van der Waals surface area contributed by atoms with Crippen molar-refractivity contribution < 1.29 is 4.74 Å². The lowest BCUT2D eigenvalue weighted by molar-refractivity contribution is 0.0331. The van der Waals surface area contributed by atoms with Crippen molar-refractivity contribution >= 4 is 27.4 Å². The lowest BCUT2D eigenvalue weighted by Crippen LogP contribution is -2.36. The Balaban J connectivity index is 1.52. The van der Waals surface area contributed by atoms with Crippen LogP contribution in [0.1, 0.15) is 53.2 Å². The van der Waals surface area contributed by atoms with Crippen LogP contribution in [-0.4, -0.2) is 41.2 Å². The van der Waals surface area contributed by atoms with Crippen molar-refractivity contribution in [2.45, 2.75) is 45.2 Å². The number of nitriles is 1. The first kappa shape index (κ1) is 20.4. The third-order valence-electron chi connectivity index (χ3n) is 6.20. The molecule has 1 saturated heterocycles. The van der Waals surface area contributed by atoms with Crippen molar-refractivity contribution in [2.24, 2.45) is 0 Å². The molecule has 1 N–H and O–H groups in total. The summed E-state index contributed by atoms with van der Waals surface area (Å²) in [6.07, 6.45) is 4.74. The molecule has 1 unspecified atom stereocenters. The fourth-order valence-electron chi connectivity index (χ4n) is 4.50. The normalized spacial score (nSPS) is 17.8. The van der Waals surface area contributed by atoms with Gasteiger partial charge in [0.05, 0.1) is 42.8 Å². The third-order valence-corrected chi connectivity index (χ3v) is 7.38. The fraction of sp³-hybridized carbons (Fsp3) is 0.458. The number of nitrogens with zero attached hydrogens (tertiary/aromatic N) is 4. The summed E-state index contributed by atoms with van der Waals surface area (Å²) >= 11 is 1.84. The number of aryl methyl sites for hydroxylation is 2. The molecule has 31 heavy (non-hydrogen) atoms. The summed E-state index contributed by atoms with van der Waals surface area (Å²) in [6, 6.07) is 10.1. The zero-order chi connectivity index (χ0) is 21.2. The van der Waals surface area contributed by atoms with E-state index in [0.717, 1.165) is 67.7 Å². The molecule has 3 heterocycles. The molecule has 1 aliphatic heterocycles. The maximum Gasteiger partial charge on any atom is 0.146 e. The Morgan fingerprint density at radius 2 is 2.06 bits per heavy atom. The smallest absolute Gasteiger partial charge is 0.146 e. The highest BCUT2D eigenvalue weighted by atomic mass is 32.1. The van der Waals surface area contributed by atoms with E-state index in [9.17, 15) is 5.26 Å². The van der Waals surface area contributed by atoms with E-state index in [1.54, 1.807) is 0 Å². The minimum atomic E-state index is 0.0433. The highest BCUT2D eigenvalue weighted by Crippen LogP contribution is 2.39. The minimum Gasteiger partial charge on any atom is -0.379 e. The van der Waals surface area contributed by atoms with Gasteiger partial charge in [0.25, 0.3) is 0 Å². The van der Waals surface area contributed by atoms with Crippen molar-refractivity contribution in [2.75, 3.05) is 31.6 Å². The Kier molecular flexibility index (Phi) is 5.86. The summed E-state index contributed by atoms with van der Waals surface area (Å²) < 4.78 is 5.49. The number of anilines is 1. The van der Waals surface area contributed by atoms with Crippen molar-refractivity contribution in [1.29, 1.82) is 5.26 Å². The van der Waals surface area contributed by atoms with Crippen LogP contribution in [0.25, 0.3) is 10.2 Å². The van der Waals surface area contributed by atoms with Gasteiger partial charge in [-0.15, -0.1) is 11.3 Å². The van der Waals surface area contributed by atoms with Crippen molar-refractivity contribution in [3.05, 3.63) is 51.7 Å². The lowest BCUT2D eigenvalue weighted by Gasteiger charge is -2.26. The van der Waals surface area contributed by atoms with Gasteiger partial charge in [0.2, 0.25) is 0 Å². The van der Waals surface area contributed by atoms with Gasteiger partial charge >= 0.3 is 0 Å². The predicted octanol–water partition coefficient (Wildman–Crippen LogP) is 4.45. The Bertz CT molecular complexity index is 1130. The second-order valence-electron chi connectivity index (χ2n) is 8.37. The number of fused-ring (bicyclic) bond motifs is 3. The second kappa shape index (κ2) is 8.91. The Hall–Kier alpha value is -2.53. The summed E-state index contributed by atoms with van der Waals surface area (Å²) in [5, 5.41) is 14.1. The van der Waals surface area contributed by atoms with Gasteiger partial charge < -0.3 is 10.1 Å². The number of hydrogen-bond acceptors (Lipinski definition) is 7. The van der Waals surface area contributed by atoms with Gasteiger partial charge in [0.15, 0.2) is 0 Å². The Morgan fingerprint density at radius 3 is 2.90 bits per heavy atom. The number of rotatable bonds is 5. The van der Waals surface area contributed by atoms with E-state index in [1.807, 2.05) is 29.5 Å². The van der Waals surface area contributed by atoms with E-state index < -0.39 is 0 Å². The molecule has 2 aliphatic rings. The summed E-state index contributed by atoms with van der Waals surface area (Å²) in [6.45, 7) is 6.25. The largest absolute Gasteiger partial charge is 0.379 e. The maximum absolute atomic E-state index is 9.27. The number of hydrogen-bond donors (Lipinski definition) is 1. The molecule has 6 nitrogen and oxygen atoms in total. The van der Waals surface area contributed by atoms with Gasteiger partial charge in [-0.05, 0) is 55.9 Å². The van der Waals surface area contributed by atoms with E-state index >= 15 is 0 Å². The highest BCUT2D eigenvalue weighted by molar-refractivity contribution is 7.19. The van der Waals surface area contributed by atoms with Gasteiger partial charge in [-0.3, -0.25) is 4.90 Å². The molecule has 2 aromatic heterocycles. The van der Waals surface area contributed by atoms with Crippen LogP contribution >= 0.6 is 11.3 Å². The van der Waals surface area contributed by atoms with Crippen LogP contribution in [0.2, 0.25) is 0 Å². The fourth-order valence-corrected chi connectivity index (χ4v) is 5.78. The number of aromatic nitrogens is 2. The zero-order valence-electron chi connectivity index (χ0n) is 17.9. The topological polar surface area (TPSA) is 74.1 Å². The number of morpholine rings is 1. The standard InChI is InChI=1S/C24H27N5OS/c1-16(18-6-4-5-17(13-18)14-25)26-23-22-19-7-2-3-8-20(19)31-24(22)28-21(27-23)15-29-9-11-30-12-10-29/h4-6,13,16H,2-3,7-12,15H2,1H3,(H,26,27,28). The first-order valence-corrected chi connectivity index (χ1v) is 11.9. The molecular formula is C24H27N5OS. The zero-order valence-corrected chi connectivity index (χ0v) is 18.7. The number of benzene rings is 1. The molecular weight excluding hydrogens is 406 g/mol. The van der Waals surface area contributed by atoms with Crippen LogP contribution in [0.15, 0.2) is 24.3 Å². The monoisotopic (exact) mass is 433 g/mol. The predicted molar refractivity (Wildman–Crippen MR) is 123 cm³/mol. The van der Waals surface area contributed by atoms with Gasteiger partial charge in [0.1, 0.15) is 16.5 Å². The van der Waals surface area contributed by atoms with Crippen LogP contribution in [0.5, 0.6) is 0 Å². The van der Waals surface area contributed by atoms with E-state index in [4.69, 9.17) is 14.7 Å².